The van der Waals surface area contributed by atoms with Gasteiger partial charge in [-0.1, -0.05) is 13.8 Å². The molecule has 0 aromatic carbocycles. The van der Waals surface area contributed by atoms with E-state index in [-0.39, 0.29) is 0 Å². The molecule has 88 valence electrons. The lowest BCUT2D eigenvalue weighted by Crippen LogP contribution is -2.34. The molecule has 1 saturated heterocycles. The third-order valence-corrected chi connectivity index (χ3v) is 4.40. The minimum absolute atomic E-state index is 0.672. The Morgan fingerprint density at radius 2 is 1.87 bits per heavy atom. The third-order valence-electron chi connectivity index (χ3n) is 4.40. The molecule has 0 bridgehead atoms. The molecule has 0 unspecified atom stereocenters. The number of nitrogens with one attached hydrogen (secondary N) is 1. The average Bonchev–Trinajstić information content (AvgIpc) is 2.83. The summed E-state index contributed by atoms with van der Waals surface area (Å²) in [6, 6.07) is 0. The molecule has 1 aliphatic carbocycles. The predicted molar refractivity (Wildman–Crippen MR) is 65.0 cm³/mol. The van der Waals surface area contributed by atoms with Crippen LogP contribution in [0.15, 0.2) is 0 Å². The topological polar surface area (TPSA) is 15.3 Å². The van der Waals surface area contributed by atoms with E-state index in [1.807, 2.05) is 0 Å². The molecule has 1 N–H and O–H groups in total. The SMILES string of the molecule is CC(C)C1(CNCCN2CCCC2)CC1. The van der Waals surface area contributed by atoms with E-state index in [1.165, 1.54) is 58.4 Å². The van der Waals surface area contributed by atoms with Crippen molar-refractivity contribution < 1.29 is 0 Å². The van der Waals surface area contributed by atoms with Gasteiger partial charge in [0.25, 0.3) is 0 Å². The maximum absolute atomic E-state index is 3.65. The van der Waals surface area contributed by atoms with Crippen LogP contribution in [0.3, 0.4) is 0 Å². The van der Waals surface area contributed by atoms with Gasteiger partial charge in [-0.15, -0.1) is 0 Å². The lowest BCUT2D eigenvalue weighted by molar-refractivity contribution is 0.305. The molecular formula is C13H26N2. The molecular weight excluding hydrogens is 184 g/mol. The van der Waals surface area contributed by atoms with Crippen LogP contribution in [-0.2, 0) is 0 Å². The van der Waals surface area contributed by atoms with Crippen LogP contribution in [0.25, 0.3) is 0 Å². The normalized spacial score (nSPS) is 25.0. The summed E-state index contributed by atoms with van der Waals surface area (Å²) in [5.74, 6) is 0.858. The molecule has 0 aromatic heterocycles. The van der Waals surface area contributed by atoms with Gasteiger partial charge < -0.3 is 10.2 Å². The second kappa shape index (κ2) is 4.84. The number of hydrogen-bond acceptors (Lipinski definition) is 2. The monoisotopic (exact) mass is 210 g/mol. The van der Waals surface area contributed by atoms with Gasteiger partial charge in [0.2, 0.25) is 0 Å². The second-order valence-electron chi connectivity index (χ2n) is 5.74. The molecule has 1 aliphatic heterocycles. The molecule has 2 rings (SSSR count). The minimum atomic E-state index is 0.672. The fourth-order valence-corrected chi connectivity index (χ4v) is 2.70. The van der Waals surface area contributed by atoms with Crippen molar-refractivity contribution in [1.29, 1.82) is 0 Å². The van der Waals surface area contributed by atoms with Crippen LogP contribution >= 0.6 is 0 Å². The fraction of sp³-hybridized carbons (Fsp3) is 1.00. The first-order chi connectivity index (χ1) is 7.23. The van der Waals surface area contributed by atoms with Crippen molar-refractivity contribution >= 4 is 0 Å². The predicted octanol–water partition coefficient (Wildman–Crippen LogP) is 2.11. The Balaban J connectivity index is 1.55. The molecule has 2 heteroatoms. The van der Waals surface area contributed by atoms with Crippen LogP contribution in [-0.4, -0.2) is 37.6 Å². The van der Waals surface area contributed by atoms with Crippen LogP contribution in [0, 0.1) is 11.3 Å². The standard InChI is InChI=1S/C13H26N2/c1-12(2)13(5-6-13)11-14-7-10-15-8-3-4-9-15/h12,14H,3-11H2,1-2H3. The summed E-state index contributed by atoms with van der Waals surface area (Å²) in [4.78, 5) is 2.59. The molecule has 2 fully saturated rings. The van der Waals surface area contributed by atoms with Gasteiger partial charge >= 0.3 is 0 Å². The van der Waals surface area contributed by atoms with Gasteiger partial charge in [0, 0.05) is 19.6 Å². The smallest absolute Gasteiger partial charge is 0.0107 e. The first kappa shape index (κ1) is 11.4. The van der Waals surface area contributed by atoms with Crippen molar-refractivity contribution in [3.63, 3.8) is 0 Å². The molecule has 0 spiro atoms. The Labute approximate surface area is 94.4 Å². The van der Waals surface area contributed by atoms with E-state index in [2.05, 4.69) is 24.1 Å². The molecule has 2 aliphatic rings. The van der Waals surface area contributed by atoms with Gasteiger partial charge in [0.1, 0.15) is 0 Å². The fourth-order valence-electron chi connectivity index (χ4n) is 2.70. The summed E-state index contributed by atoms with van der Waals surface area (Å²) < 4.78 is 0. The molecule has 1 saturated carbocycles. The lowest BCUT2D eigenvalue weighted by atomic mass is 9.92. The van der Waals surface area contributed by atoms with E-state index < -0.39 is 0 Å². The van der Waals surface area contributed by atoms with Crippen molar-refractivity contribution in [1.82, 2.24) is 10.2 Å². The van der Waals surface area contributed by atoms with Crippen LogP contribution in [0.1, 0.15) is 39.5 Å². The van der Waals surface area contributed by atoms with Gasteiger partial charge in [-0.25, -0.2) is 0 Å². The van der Waals surface area contributed by atoms with E-state index >= 15 is 0 Å². The van der Waals surface area contributed by atoms with Crippen LogP contribution < -0.4 is 5.32 Å². The highest BCUT2D eigenvalue weighted by Crippen LogP contribution is 2.51. The van der Waals surface area contributed by atoms with Gasteiger partial charge in [-0.2, -0.15) is 0 Å². The highest BCUT2D eigenvalue weighted by Gasteiger charge is 2.44. The minimum Gasteiger partial charge on any atom is -0.315 e. The zero-order valence-electron chi connectivity index (χ0n) is 10.4. The summed E-state index contributed by atoms with van der Waals surface area (Å²) in [6.45, 7) is 11.1. The average molecular weight is 210 g/mol. The summed E-state index contributed by atoms with van der Waals surface area (Å²) in [5, 5.41) is 3.65. The largest absolute Gasteiger partial charge is 0.315 e. The summed E-state index contributed by atoms with van der Waals surface area (Å²) >= 11 is 0. The van der Waals surface area contributed by atoms with Crippen molar-refractivity contribution in [2.45, 2.75) is 39.5 Å². The molecule has 15 heavy (non-hydrogen) atoms. The second-order valence-corrected chi connectivity index (χ2v) is 5.74. The molecule has 0 radical (unpaired) electrons. The Kier molecular flexibility index (Phi) is 3.68. The van der Waals surface area contributed by atoms with E-state index in [1.54, 1.807) is 0 Å². The van der Waals surface area contributed by atoms with Gasteiger partial charge in [-0.05, 0) is 50.1 Å². The molecule has 0 aromatic rings. The van der Waals surface area contributed by atoms with Crippen molar-refractivity contribution in [2.75, 3.05) is 32.7 Å². The Hall–Kier alpha value is -0.0800. The van der Waals surface area contributed by atoms with Gasteiger partial charge in [0.15, 0.2) is 0 Å². The quantitative estimate of drug-likeness (QED) is 0.676. The van der Waals surface area contributed by atoms with Gasteiger partial charge in [-0.3, -0.25) is 0 Å². The van der Waals surface area contributed by atoms with Crippen LogP contribution in [0.5, 0.6) is 0 Å². The van der Waals surface area contributed by atoms with E-state index in [0.29, 0.717) is 5.41 Å². The van der Waals surface area contributed by atoms with Crippen LogP contribution in [0.4, 0.5) is 0 Å². The number of nitrogens with zero attached hydrogens (tertiary/aromatic N) is 1. The zero-order chi connectivity index (χ0) is 10.7. The molecule has 0 amide bonds. The summed E-state index contributed by atoms with van der Waals surface area (Å²) in [5.41, 5.74) is 0.672. The third kappa shape index (κ3) is 2.94. The summed E-state index contributed by atoms with van der Waals surface area (Å²) in [6.07, 6.45) is 5.72. The maximum atomic E-state index is 3.65. The van der Waals surface area contributed by atoms with Crippen LogP contribution in [0.2, 0.25) is 0 Å². The van der Waals surface area contributed by atoms with Gasteiger partial charge in [0.05, 0.1) is 0 Å². The Morgan fingerprint density at radius 1 is 1.20 bits per heavy atom. The highest BCUT2D eigenvalue weighted by atomic mass is 15.1. The maximum Gasteiger partial charge on any atom is 0.0107 e. The Morgan fingerprint density at radius 3 is 2.40 bits per heavy atom. The number of likely N-dealkylation sites (tertiary alicyclic amines) is 1. The highest BCUT2D eigenvalue weighted by molar-refractivity contribution is 4.97. The molecule has 2 nitrogen and oxygen atoms in total. The Bertz CT molecular complexity index is 191. The van der Waals surface area contributed by atoms with Crippen molar-refractivity contribution in [3.8, 4) is 0 Å². The van der Waals surface area contributed by atoms with Crippen molar-refractivity contribution in [3.05, 3.63) is 0 Å². The van der Waals surface area contributed by atoms with E-state index in [0.717, 1.165) is 5.92 Å². The zero-order valence-corrected chi connectivity index (χ0v) is 10.4. The first-order valence-electron chi connectivity index (χ1n) is 6.66. The molecule has 1 heterocycles. The van der Waals surface area contributed by atoms with E-state index in [4.69, 9.17) is 0 Å². The first-order valence-corrected chi connectivity index (χ1v) is 6.66. The lowest BCUT2D eigenvalue weighted by Gasteiger charge is -2.21. The van der Waals surface area contributed by atoms with Crippen molar-refractivity contribution in [2.24, 2.45) is 11.3 Å². The number of rotatable bonds is 6. The van der Waals surface area contributed by atoms with E-state index in [9.17, 15) is 0 Å². The summed E-state index contributed by atoms with van der Waals surface area (Å²) in [7, 11) is 0. The molecule has 0 atom stereocenters. The number of hydrogen-bond donors (Lipinski definition) is 1.